The van der Waals surface area contributed by atoms with E-state index in [1.807, 2.05) is 31.2 Å². The van der Waals surface area contributed by atoms with E-state index in [4.69, 9.17) is 0 Å². The second-order valence-electron chi connectivity index (χ2n) is 8.64. The maximum Gasteiger partial charge on any atom is 0.287 e. The number of rotatable bonds is 4. The van der Waals surface area contributed by atoms with Crippen molar-refractivity contribution >= 4 is 44.1 Å². The maximum atomic E-state index is 13.3. The fraction of sp³-hybridized carbons (Fsp3) is 0.375. The zero-order valence-corrected chi connectivity index (χ0v) is 19.6. The van der Waals surface area contributed by atoms with Crippen LogP contribution < -0.4 is 5.56 Å². The molecule has 0 unspecified atom stereocenters. The lowest BCUT2D eigenvalue weighted by atomic mass is 9.89. The molecule has 1 N–H and O–H groups in total. The first-order valence-electron chi connectivity index (χ1n) is 11.2. The van der Waals surface area contributed by atoms with Gasteiger partial charge in [-0.2, -0.15) is 0 Å². The number of aryl methyl sites for hydroxylation is 2. The molecule has 33 heavy (non-hydrogen) atoms. The molecule has 3 aromatic heterocycles. The summed E-state index contributed by atoms with van der Waals surface area (Å²) in [5.74, 6) is -0.0187. The molecule has 4 aromatic rings. The smallest absolute Gasteiger partial charge is 0.287 e. The minimum atomic E-state index is -0.863. The summed E-state index contributed by atoms with van der Waals surface area (Å²) in [7, 11) is 0. The highest BCUT2D eigenvalue weighted by Crippen LogP contribution is 2.39. The van der Waals surface area contributed by atoms with Gasteiger partial charge < -0.3 is 9.67 Å². The fourth-order valence-electron chi connectivity index (χ4n) is 4.61. The number of hydrogen-bond acceptors (Lipinski definition) is 6. The Morgan fingerprint density at radius 1 is 1.36 bits per heavy atom. The summed E-state index contributed by atoms with van der Waals surface area (Å²) in [4.78, 5) is 32.6. The SMILES string of the molecule is CCn1c(O)c(N=NC(=O)[C@H](C)n2cnc3sc4c(c3c2=O)CC[C@@H](C)C4)c2ccccc21. The van der Waals surface area contributed by atoms with Gasteiger partial charge in [0.15, 0.2) is 5.69 Å². The Morgan fingerprint density at radius 2 is 2.15 bits per heavy atom. The van der Waals surface area contributed by atoms with E-state index >= 15 is 0 Å². The molecule has 0 bridgehead atoms. The van der Waals surface area contributed by atoms with Crippen molar-refractivity contribution in [2.75, 3.05) is 0 Å². The van der Waals surface area contributed by atoms with Crippen molar-refractivity contribution in [2.45, 2.75) is 52.6 Å². The third-order valence-electron chi connectivity index (χ3n) is 6.50. The van der Waals surface area contributed by atoms with Crippen LogP contribution >= 0.6 is 11.3 Å². The van der Waals surface area contributed by atoms with Gasteiger partial charge in [0, 0.05) is 16.8 Å². The molecule has 0 saturated heterocycles. The Hall–Kier alpha value is -3.33. The molecule has 9 heteroatoms. The third-order valence-corrected chi connectivity index (χ3v) is 7.66. The quantitative estimate of drug-likeness (QED) is 0.424. The zero-order chi connectivity index (χ0) is 23.3. The molecule has 1 aliphatic carbocycles. The normalized spacial score (nSPS) is 17.1. The van der Waals surface area contributed by atoms with Gasteiger partial charge >= 0.3 is 0 Å². The number of azo groups is 1. The Balaban J connectivity index is 1.49. The number of carbonyl (C=O) groups excluding carboxylic acids is 1. The van der Waals surface area contributed by atoms with E-state index in [0.29, 0.717) is 23.2 Å². The van der Waals surface area contributed by atoms with Gasteiger partial charge in [0.1, 0.15) is 10.9 Å². The lowest BCUT2D eigenvalue weighted by Crippen LogP contribution is -2.28. The van der Waals surface area contributed by atoms with Crippen molar-refractivity contribution in [2.24, 2.45) is 16.1 Å². The van der Waals surface area contributed by atoms with Crippen LogP contribution in [0.5, 0.6) is 5.88 Å². The fourth-order valence-corrected chi connectivity index (χ4v) is 5.95. The molecule has 2 atom stereocenters. The summed E-state index contributed by atoms with van der Waals surface area (Å²) in [6.45, 7) is 6.31. The number of thiophene rings is 1. The van der Waals surface area contributed by atoms with E-state index < -0.39 is 11.9 Å². The van der Waals surface area contributed by atoms with Gasteiger partial charge in [-0.05, 0) is 50.7 Å². The van der Waals surface area contributed by atoms with Gasteiger partial charge in [0.25, 0.3) is 11.5 Å². The molecule has 3 heterocycles. The lowest BCUT2D eigenvalue weighted by molar-refractivity contribution is -0.121. The van der Waals surface area contributed by atoms with Crippen LogP contribution in [0.2, 0.25) is 0 Å². The van der Waals surface area contributed by atoms with Gasteiger partial charge in [-0.15, -0.1) is 21.6 Å². The molecule has 0 fully saturated rings. The first kappa shape index (κ1) is 21.5. The second-order valence-corrected chi connectivity index (χ2v) is 9.72. The molecule has 0 spiro atoms. The van der Waals surface area contributed by atoms with Crippen LogP contribution in [0.1, 0.15) is 43.7 Å². The number of hydrogen-bond donors (Lipinski definition) is 1. The second kappa shape index (κ2) is 8.22. The highest BCUT2D eigenvalue weighted by Gasteiger charge is 2.25. The van der Waals surface area contributed by atoms with Gasteiger partial charge in [-0.3, -0.25) is 14.2 Å². The van der Waals surface area contributed by atoms with Crippen molar-refractivity contribution < 1.29 is 9.90 Å². The van der Waals surface area contributed by atoms with Crippen LogP contribution in [0.3, 0.4) is 0 Å². The van der Waals surface area contributed by atoms with Crippen LogP contribution in [0.15, 0.2) is 45.6 Å². The first-order chi connectivity index (χ1) is 15.9. The molecule has 0 radical (unpaired) electrons. The van der Waals surface area contributed by atoms with Crippen LogP contribution in [0.25, 0.3) is 21.1 Å². The monoisotopic (exact) mass is 463 g/mol. The van der Waals surface area contributed by atoms with Crippen LogP contribution in [-0.2, 0) is 24.2 Å². The van der Waals surface area contributed by atoms with E-state index in [1.165, 1.54) is 15.8 Å². The number of fused-ring (bicyclic) bond motifs is 4. The molecule has 0 saturated carbocycles. The Bertz CT molecular complexity index is 1480. The average molecular weight is 464 g/mol. The largest absolute Gasteiger partial charge is 0.493 e. The number of nitrogens with zero attached hydrogens (tertiary/aromatic N) is 5. The predicted octanol–water partition coefficient (Wildman–Crippen LogP) is 5.13. The van der Waals surface area contributed by atoms with Crippen molar-refractivity contribution in [1.82, 2.24) is 14.1 Å². The Kier molecular flexibility index (Phi) is 5.36. The molecular weight excluding hydrogens is 438 g/mol. The number of carbonyl (C=O) groups is 1. The molecule has 1 aliphatic rings. The molecule has 1 aromatic carbocycles. The first-order valence-corrected chi connectivity index (χ1v) is 12.0. The van der Waals surface area contributed by atoms with Gasteiger partial charge in [0.2, 0.25) is 5.88 Å². The number of benzene rings is 1. The highest BCUT2D eigenvalue weighted by molar-refractivity contribution is 7.18. The van der Waals surface area contributed by atoms with E-state index in [9.17, 15) is 14.7 Å². The standard InChI is InChI=1S/C24H25N5O3S/c1-4-28-17-8-6-5-7-15(17)20(24(28)32)26-27-21(30)14(3)29-12-25-22-19(23(29)31)16-10-9-13(2)11-18(16)33-22/h5-8,12-14,32H,4,9-11H2,1-3H3/t13-,14+/m1/s1. The predicted molar refractivity (Wildman–Crippen MR) is 129 cm³/mol. The summed E-state index contributed by atoms with van der Waals surface area (Å²) in [5.41, 5.74) is 1.93. The van der Waals surface area contributed by atoms with Crippen molar-refractivity contribution in [1.29, 1.82) is 0 Å². The molecular formula is C24H25N5O3S. The van der Waals surface area contributed by atoms with E-state index in [0.717, 1.165) is 35.2 Å². The van der Waals surface area contributed by atoms with Crippen LogP contribution in [-0.4, -0.2) is 25.1 Å². The molecule has 8 nitrogen and oxygen atoms in total. The number of aromatic nitrogens is 3. The zero-order valence-electron chi connectivity index (χ0n) is 18.8. The topological polar surface area (TPSA) is 102 Å². The van der Waals surface area contributed by atoms with Crippen LogP contribution in [0.4, 0.5) is 5.69 Å². The summed E-state index contributed by atoms with van der Waals surface area (Å²) in [6, 6.07) is 6.56. The summed E-state index contributed by atoms with van der Waals surface area (Å²) in [5, 5.41) is 19.9. The average Bonchev–Trinajstić information content (AvgIpc) is 3.31. The van der Waals surface area contributed by atoms with Crippen molar-refractivity contribution in [3.63, 3.8) is 0 Å². The lowest BCUT2D eigenvalue weighted by Gasteiger charge is -2.17. The summed E-state index contributed by atoms with van der Waals surface area (Å²) in [6.07, 6.45) is 4.30. The molecule has 0 aliphatic heterocycles. The summed E-state index contributed by atoms with van der Waals surface area (Å²) >= 11 is 1.58. The highest BCUT2D eigenvalue weighted by atomic mass is 32.1. The van der Waals surface area contributed by atoms with Crippen LogP contribution in [0, 0.1) is 5.92 Å². The summed E-state index contributed by atoms with van der Waals surface area (Å²) < 4.78 is 3.05. The minimum absolute atomic E-state index is 0.0396. The molecule has 170 valence electrons. The number of amides is 1. The molecule has 5 rings (SSSR count). The van der Waals surface area contributed by atoms with E-state index in [-0.39, 0.29) is 17.1 Å². The molecule has 1 amide bonds. The van der Waals surface area contributed by atoms with Gasteiger partial charge in [-0.25, -0.2) is 4.98 Å². The minimum Gasteiger partial charge on any atom is -0.493 e. The third kappa shape index (κ3) is 3.47. The van der Waals surface area contributed by atoms with Gasteiger partial charge in [-0.1, -0.05) is 25.1 Å². The van der Waals surface area contributed by atoms with E-state index in [2.05, 4.69) is 22.1 Å². The van der Waals surface area contributed by atoms with Crippen molar-refractivity contribution in [3.8, 4) is 5.88 Å². The Morgan fingerprint density at radius 3 is 2.94 bits per heavy atom. The number of para-hydroxylation sites is 1. The van der Waals surface area contributed by atoms with Crippen molar-refractivity contribution in [3.05, 3.63) is 51.4 Å². The number of aromatic hydroxyl groups is 1. The van der Waals surface area contributed by atoms with Gasteiger partial charge in [0.05, 0.1) is 17.2 Å². The van der Waals surface area contributed by atoms with E-state index in [1.54, 1.807) is 22.8 Å². The maximum absolute atomic E-state index is 13.3. The Labute approximate surface area is 194 Å².